The minimum atomic E-state index is -0.582. The van der Waals surface area contributed by atoms with E-state index in [1.807, 2.05) is 6.92 Å². The molecule has 0 atom stereocenters. The minimum absolute atomic E-state index is 0.176. The van der Waals surface area contributed by atoms with Gasteiger partial charge in [-0.2, -0.15) is 0 Å². The second-order valence-electron chi connectivity index (χ2n) is 4.77. The number of hydrogen-bond donors (Lipinski definition) is 4. The van der Waals surface area contributed by atoms with Crippen molar-refractivity contribution < 1.29 is 9.59 Å². The monoisotopic (exact) mass is 341 g/mol. The van der Waals surface area contributed by atoms with Crippen LogP contribution in [0, 0.1) is 6.92 Å². The minimum Gasteiger partial charge on any atom is -0.370 e. The molecule has 0 saturated heterocycles. The molecule has 0 aliphatic rings. The van der Waals surface area contributed by atoms with Gasteiger partial charge in [-0.1, -0.05) is 31.0 Å². The molecule has 0 spiro atoms. The van der Waals surface area contributed by atoms with E-state index in [9.17, 15) is 9.59 Å². The first-order valence-electron chi connectivity index (χ1n) is 7.16. The number of nitrogens with zero attached hydrogens (tertiary/aromatic N) is 1. The van der Waals surface area contributed by atoms with Gasteiger partial charge in [0.25, 0.3) is 5.91 Å². The lowest BCUT2D eigenvalue weighted by Gasteiger charge is -2.04. The summed E-state index contributed by atoms with van der Waals surface area (Å²) in [6.45, 7) is 4.53. The van der Waals surface area contributed by atoms with Crippen molar-refractivity contribution in [1.82, 2.24) is 5.32 Å². The average molecular weight is 342 g/mol. The number of nitrogens with two attached hydrogens (primary N) is 3. The lowest BCUT2D eigenvalue weighted by molar-refractivity contribution is -0.117. The van der Waals surface area contributed by atoms with Crippen LogP contribution in [0.1, 0.15) is 35.7 Å². The number of benzene rings is 1. The van der Waals surface area contributed by atoms with Gasteiger partial charge in [-0.05, 0) is 31.0 Å². The third kappa shape index (κ3) is 10.1. The van der Waals surface area contributed by atoms with E-state index in [2.05, 4.69) is 17.2 Å². The van der Waals surface area contributed by atoms with Crippen LogP contribution in [-0.2, 0) is 4.79 Å². The first kappa shape index (κ1) is 20.7. The van der Waals surface area contributed by atoms with E-state index < -0.39 is 5.91 Å². The lowest BCUT2D eigenvalue weighted by atomic mass is 10.1. The van der Waals surface area contributed by atoms with E-state index in [1.54, 1.807) is 18.2 Å². The summed E-state index contributed by atoms with van der Waals surface area (Å²) in [5, 5.41) is 2.89. The number of guanidine groups is 1. The number of aryl methyl sites for hydroxylation is 1. The molecule has 1 aromatic carbocycles. The van der Waals surface area contributed by atoms with Crippen LogP contribution in [0.2, 0.25) is 5.02 Å². The zero-order valence-corrected chi connectivity index (χ0v) is 14.2. The maximum absolute atomic E-state index is 11.4. The van der Waals surface area contributed by atoms with E-state index in [1.165, 1.54) is 0 Å². The lowest BCUT2D eigenvalue weighted by Crippen LogP contribution is -2.33. The maximum Gasteiger partial charge on any atom is 0.251 e. The average Bonchev–Trinajstić information content (AvgIpc) is 2.48. The van der Waals surface area contributed by atoms with Crippen LogP contribution >= 0.6 is 11.6 Å². The number of carbonyl (C=O) groups excluding carboxylic acids is 2. The fourth-order valence-electron chi connectivity index (χ4n) is 1.37. The Bertz CT molecular complexity index is 557. The Hall–Kier alpha value is -2.28. The molecule has 1 aromatic rings. The number of aliphatic imine (C=N–C) groups is 1. The SMILES string of the molecule is CCCCN=C(N)N.Cc1ccc(C(=O)NCC(N)=O)cc1Cl. The summed E-state index contributed by atoms with van der Waals surface area (Å²) < 4.78 is 0. The fraction of sp³-hybridized carbons (Fsp3) is 0.400. The highest BCUT2D eigenvalue weighted by Gasteiger charge is 2.07. The van der Waals surface area contributed by atoms with Crippen molar-refractivity contribution >= 4 is 29.4 Å². The summed E-state index contributed by atoms with van der Waals surface area (Å²) in [6, 6.07) is 4.92. The summed E-state index contributed by atoms with van der Waals surface area (Å²) >= 11 is 5.85. The summed E-state index contributed by atoms with van der Waals surface area (Å²) in [4.78, 5) is 25.7. The third-order valence-electron chi connectivity index (χ3n) is 2.66. The molecule has 0 fully saturated rings. The molecule has 8 heteroatoms. The standard InChI is InChI=1S/C10H11ClN2O2.C5H13N3/c1-6-2-3-7(4-8(6)11)10(15)13-5-9(12)14;1-2-3-4-8-5(6)7/h2-4H,5H2,1H3,(H2,12,14)(H,13,15);2-4H2,1H3,(H4,6,7,8). The number of primary amides is 1. The van der Waals surface area contributed by atoms with Crippen LogP contribution in [-0.4, -0.2) is 30.9 Å². The van der Waals surface area contributed by atoms with Gasteiger partial charge in [-0.15, -0.1) is 0 Å². The van der Waals surface area contributed by atoms with Crippen molar-refractivity contribution in [2.24, 2.45) is 22.2 Å². The fourth-order valence-corrected chi connectivity index (χ4v) is 1.55. The molecule has 0 radical (unpaired) electrons. The molecule has 2 amide bonds. The molecule has 0 saturated carbocycles. The molecule has 1 rings (SSSR count). The van der Waals surface area contributed by atoms with Crippen molar-refractivity contribution in [1.29, 1.82) is 0 Å². The number of rotatable bonds is 6. The van der Waals surface area contributed by atoms with Gasteiger partial charge in [-0.25, -0.2) is 0 Å². The number of unbranched alkanes of at least 4 members (excludes halogenated alkanes) is 1. The molecule has 0 aliphatic carbocycles. The Morgan fingerprint density at radius 3 is 2.39 bits per heavy atom. The predicted molar refractivity (Wildman–Crippen MR) is 93.3 cm³/mol. The van der Waals surface area contributed by atoms with Gasteiger partial charge in [0.15, 0.2) is 5.96 Å². The van der Waals surface area contributed by atoms with Crippen molar-refractivity contribution in [3.8, 4) is 0 Å². The summed E-state index contributed by atoms with van der Waals surface area (Å²) in [7, 11) is 0. The normalized spacial score (nSPS) is 9.35. The van der Waals surface area contributed by atoms with Gasteiger partial charge in [0.05, 0.1) is 6.54 Å². The summed E-state index contributed by atoms with van der Waals surface area (Å²) in [6.07, 6.45) is 2.20. The van der Waals surface area contributed by atoms with Crippen LogP contribution in [0.15, 0.2) is 23.2 Å². The zero-order valence-electron chi connectivity index (χ0n) is 13.4. The predicted octanol–water partition coefficient (Wildman–Crippen LogP) is 0.923. The summed E-state index contributed by atoms with van der Waals surface area (Å²) in [5.41, 5.74) is 16.3. The van der Waals surface area contributed by atoms with Crippen molar-refractivity contribution in [3.05, 3.63) is 34.3 Å². The molecule has 128 valence electrons. The van der Waals surface area contributed by atoms with E-state index in [0.29, 0.717) is 10.6 Å². The largest absolute Gasteiger partial charge is 0.370 e. The number of nitrogens with one attached hydrogen (secondary N) is 1. The number of halogens is 1. The van der Waals surface area contributed by atoms with Crippen molar-refractivity contribution in [2.45, 2.75) is 26.7 Å². The van der Waals surface area contributed by atoms with Gasteiger partial charge in [0.1, 0.15) is 0 Å². The Balaban J connectivity index is 0.000000515. The first-order valence-corrected chi connectivity index (χ1v) is 7.53. The molecule has 0 aliphatic heterocycles. The highest BCUT2D eigenvalue weighted by atomic mass is 35.5. The molecule has 0 unspecified atom stereocenters. The van der Waals surface area contributed by atoms with E-state index in [-0.39, 0.29) is 18.4 Å². The first-order chi connectivity index (χ1) is 10.8. The van der Waals surface area contributed by atoms with Crippen LogP contribution in [0.5, 0.6) is 0 Å². The zero-order chi connectivity index (χ0) is 17.8. The van der Waals surface area contributed by atoms with E-state index >= 15 is 0 Å². The third-order valence-corrected chi connectivity index (χ3v) is 3.07. The van der Waals surface area contributed by atoms with E-state index in [0.717, 1.165) is 24.9 Å². The van der Waals surface area contributed by atoms with Crippen LogP contribution in [0.3, 0.4) is 0 Å². The number of amides is 2. The quantitative estimate of drug-likeness (QED) is 0.347. The maximum atomic E-state index is 11.4. The Labute approximate surface area is 141 Å². The highest BCUT2D eigenvalue weighted by Crippen LogP contribution is 2.16. The number of carbonyl (C=O) groups is 2. The topological polar surface area (TPSA) is 137 Å². The molecular formula is C15H24ClN5O2. The van der Waals surface area contributed by atoms with Crippen molar-refractivity contribution in [2.75, 3.05) is 13.1 Å². The molecule has 7 nitrogen and oxygen atoms in total. The van der Waals surface area contributed by atoms with E-state index in [4.69, 9.17) is 28.8 Å². The Morgan fingerprint density at radius 2 is 1.91 bits per heavy atom. The molecule has 0 aromatic heterocycles. The Morgan fingerprint density at radius 1 is 1.26 bits per heavy atom. The Kier molecular flexibility index (Phi) is 10.2. The number of hydrogen-bond acceptors (Lipinski definition) is 3. The molecule has 7 N–H and O–H groups in total. The molecular weight excluding hydrogens is 318 g/mol. The van der Waals surface area contributed by atoms with Gasteiger partial charge < -0.3 is 22.5 Å². The van der Waals surface area contributed by atoms with Gasteiger partial charge in [0.2, 0.25) is 5.91 Å². The molecule has 0 heterocycles. The van der Waals surface area contributed by atoms with Gasteiger partial charge in [-0.3, -0.25) is 14.6 Å². The van der Waals surface area contributed by atoms with Crippen molar-refractivity contribution in [3.63, 3.8) is 0 Å². The van der Waals surface area contributed by atoms with Crippen LogP contribution in [0.4, 0.5) is 0 Å². The smallest absolute Gasteiger partial charge is 0.251 e. The molecule has 23 heavy (non-hydrogen) atoms. The van der Waals surface area contributed by atoms with Gasteiger partial charge in [0, 0.05) is 17.1 Å². The molecule has 0 bridgehead atoms. The summed E-state index contributed by atoms with van der Waals surface area (Å²) in [5.74, 6) is -0.754. The second-order valence-corrected chi connectivity index (χ2v) is 5.18. The second kappa shape index (κ2) is 11.3. The van der Waals surface area contributed by atoms with Crippen LogP contribution < -0.4 is 22.5 Å². The highest BCUT2D eigenvalue weighted by molar-refractivity contribution is 6.31. The van der Waals surface area contributed by atoms with Gasteiger partial charge >= 0.3 is 0 Å². The van der Waals surface area contributed by atoms with Crippen LogP contribution in [0.25, 0.3) is 0 Å².